The average Bonchev–Trinajstić information content (AvgIpc) is 2.44. The van der Waals surface area contributed by atoms with Crippen molar-refractivity contribution in [2.45, 2.75) is 18.5 Å². The average molecular weight is 360 g/mol. The summed E-state index contributed by atoms with van der Waals surface area (Å²) in [6.45, 7) is 0. The van der Waals surface area contributed by atoms with Gasteiger partial charge in [0.1, 0.15) is 11.4 Å². The molecule has 0 fully saturated rings. The summed E-state index contributed by atoms with van der Waals surface area (Å²) in [6.07, 6.45) is -14.8. The maximum atomic E-state index is 12.7. The van der Waals surface area contributed by atoms with Crippen LogP contribution in [0.5, 0.6) is 0 Å². The molecule has 0 atom stereocenters. The Morgan fingerprint density at radius 3 is 1.50 bits per heavy atom. The minimum Gasteiger partial charge on any atom is -0.256 e. The van der Waals surface area contributed by atoms with Crippen LogP contribution in [-0.4, -0.2) is 9.97 Å². The van der Waals surface area contributed by atoms with Crippen molar-refractivity contribution < 1.29 is 39.5 Å². The number of pyridine rings is 2. The van der Waals surface area contributed by atoms with Crippen molar-refractivity contribution in [2.75, 3.05) is 0 Å². The molecule has 130 valence electrons. The first kappa shape index (κ1) is 18.0. The molecule has 0 aliphatic rings. The van der Waals surface area contributed by atoms with E-state index in [0.717, 1.165) is 0 Å². The van der Waals surface area contributed by atoms with Crippen LogP contribution in [0.3, 0.4) is 0 Å². The number of hydrogen-bond donors (Lipinski definition) is 0. The van der Waals surface area contributed by atoms with E-state index in [0.29, 0.717) is 18.3 Å². The summed E-state index contributed by atoms with van der Waals surface area (Å²) in [5.41, 5.74) is -5.98. The molecule has 0 bridgehead atoms. The number of hydrogen-bond acceptors (Lipinski definition) is 2. The Balaban J connectivity index is 2.57. The van der Waals surface area contributed by atoms with Crippen LogP contribution in [-0.2, 0) is 18.5 Å². The lowest BCUT2D eigenvalue weighted by Gasteiger charge is -2.13. The molecule has 0 N–H and O–H groups in total. The van der Waals surface area contributed by atoms with Gasteiger partial charge < -0.3 is 0 Å². The fraction of sp³-hybridized carbons (Fsp3) is 0.231. The standard InChI is InChI=1S/C13H5F9N2/c14-11(15,16)7-1-2-8(23-5-7)6-3-9(12(17,18)19)24-10(4-6)13(20,21)22/h1-5H. The van der Waals surface area contributed by atoms with E-state index in [1.807, 2.05) is 0 Å². The van der Waals surface area contributed by atoms with Gasteiger partial charge in [-0.1, -0.05) is 0 Å². The summed E-state index contributed by atoms with van der Waals surface area (Å²) in [7, 11) is 0. The molecule has 0 saturated carbocycles. The third-order valence-corrected chi connectivity index (χ3v) is 2.79. The Morgan fingerprint density at radius 1 is 0.667 bits per heavy atom. The Bertz CT molecular complexity index is 695. The van der Waals surface area contributed by atoms with Crippen LogP contribution in [0, 0.1) is 0 Å². The van der Waals surface area contributed by atoms with E-state index in [2.05, 4.69) is 9.97 Å². The van der Waals surface area contributed by atoms with Crippen LogP contribution >= 0.6 is 0 Å². The normalized spacial score (nSPS) is 13.2. The number of alkyl halides is 9. The zero-order valence-corrected chi connectivity index (χ0v) is 11.2. The molecule has 24 heavy (non-hydrogen) atoms. The summed E-state index contributed by atoms with van der Waals surface area (Å²) < 4.78 is 113. The fourth-order valence-electron chi connectivity index (χ4n) is 1.70. The maximum Gasteiger partial charge on any atom is 0.433 e. The van der Waals surface area contributed by atoms with Crippen molar-refractivity contribution >= 4 is 0 Å². The van der Waals surface area contributed by atoms with Gasteiger partial charge in [-0.15, -0.1) is 0 Å². The molecule has 0 aromatic carbocycles. The second-order valence-electron chi connectivity index (χ2n) is 4.55. The van der Waals surface area contributed by atoms with Crippen molar-refractivity contribution in [1.82, 2.24) is 9.97 Å². The highest BCUT2D eigenvalue weighted by Gasteiger charge is 2.39. The Hall–Kier alpha value is -2.33. The van der Waals surface area contributed by atoms with Gasteiger partial charge in [0.25, 0.3) is 0 Å². The first-order chi connectivity index (χ1) is 10.8. The summed E-state index contributed by atoms with van der Waals surface area (Å²) in [6, 6.07) is 1.75. The van der Waals surface area contributed by atoms with E-state index in [1.54, 1.807) is 0 Å². The van der Waals surface area contributed by atoms with Gasteiger partial charge in [-0.3, -0.25) is 4.98 Å². The zero-order chi connectivity index (χ0) is 18.3. The van der Waals surface area contributed by atoms with E-state index in [4.69, 9.17) is 0 Å². The van der Waals surface area contributed by atoms with E-state index >= 15 is 0 Å². The van der Waals surface area contributed by atoms with Gasteiger partial charge in [0.2, 0.25) is 0 Å². The minimum absolute atomic E-state index is 0.283. The molecule has 0 radical (unpaired) electrons. The van der Waals surface area contributed by atoms with E-state index < -0.39 is 46.7 Å². The highest BCUT2D eigenvalue weighted by atomic mass is 19.4. The smallest absolute Gasteiger partial charge is 0.256 e. The van der Waals surface area contributed by atoms with Gasteiger partial charge in [-0.2, -0.15) is 39.5 Å². The number of aromatic nitrogens is 2. The lowest BCUT2D eigenvalue weighted by molar-refractivity contribution is -0.150. The summed E-state index contributed by atoms with van der Waals surface area (Å²) in [5.74, 6) is 0. The maximum absolute atomic E-state index is 12.7. The second kappa shape index (κ2) is 5.64. The first-order valence-corrected chi connectivity index (χ1v) is 5.98. The Kier molecular flexibility index (Phi) is 4.23. The molecule has 0 saturated heterocycles. The molecule has 0 amide bonds. The SMILES string of the molecule is FC(F)(F)c1ccc(-c2cc(C(F)(F)F)nc(C(F)(F)F)c2)nc1. The largest absolute Gasteiger partial charge is 0.433 e. The molecule has 2 heterocycles. The molecular formula is C13H5F9N2. The lowest BCUT2D eigenvalue weighted by Crippen LogP contribution is -2.15. The van der Waals surface area contributed by atoms with Crippen molar-refractivity contribution in [3.8, 4) is 11.3 Å². The predicted octanol–water partition coefficient (Wildman–Crippen LogP) is 5.20. The van der Waals surface area contributed by atoms with Gasteiger partial charge >= 0.3 is 18.5 Å². The van der Waals surface area contributed by atoms with Gasteiger partial charge in [-0.25, -0.2) is 4.98 Å². The zero-order valence-electron chi connectivity index (χ0n) is 11.2. The molecule has 0 spiro atoms. The molecule has 2 nitrogen and oxygen atoms in total. The van der Waals surface area contributed by atoms with Crippen molar-refractivity contribution in [2.24, 2.45) is 0 Å². The molecule has 0 aliphatic heterocycles. The van der Waals surface area contributed by atoms with Crippen LogP contribution in [0.1, 0.15) is 17.0 Å². The summed E-state index contributed by atoms with van der Waals surface area (Å²) in [5, 5.41) is 0. The highest BCUT2D eigenvalue weighted by molar-refractivity contribution is 5.60. The van der Waals surface area contributed by atoms with Crippen molar-refractivity contribution in [1.29, 1.82) is 0 Å². The topological polar surface area (TPSA) is 25.8 Å². The van der Waals surface area contributed by atoms with Crippen LogP contribution in [0.25, 0.3) is 11.3 Å². The molecule has 0 unspecified atom stereocenters. The fourth-order valence-corrected chi connectivity index (χ4v) is 1.70. The number of rotatable bonds is 1. The van der Waals surface area contributed by atoms with Gasteiger partial charge in [-0.05, 0) is 24.3 Å². The van der Waals surface area contributed by atoms with Crippen LogP contribution in [0.2, 0.25) is 0 Å². The van der Waals surface area contributed by atoms with Crippen LogP contribution < -0.4 is 0 Å². The third kappa shape index (κ3) is 3.95. The van der Waals surface area contributed by atoms with E-state index in [-0.39, 0.29) is 12.1 Å². The number of halogens is 9. The molecule has 0 aliphatic carbocycles. The molecule has 11 heteroatoms. The lowest BCUT2D eigenvalue weighted by atomic mass is 10.1. The third-order valence-electron chi connectivity index (χ3n) is 2.79. The van der Waals surface area contributed by atoms with E-state index in [1.165, 1.54) is 0 Å². The Morgan fingerprint density at radius 2 is 1.17 bits per heavy atom. The summed E-state index contributed by atoms with van der Waals surface area (Å²) >= 11 is 0. The molecule has 2 rings (SSSR count). The second-order valence-corrected chi connectivity index (χ2v) is 4.55. The molecule has 2 aromatic heterocycles. The van der Waals surface area contributed by atoms with Crippen molar-refractivity contribution in [3.05, 3.63) is 47.4 Å². The number of nitrogens with zero attached hydrogens (tertiary/aromatic N) is 2. The van der Waals surface area contributed by atoms with Crippen LogP contribution in [0.4, 0.5) is 39.5 Å². The highest BCUT2D eigenvalue weighted by Crippen LogP contribution is 2.36. The quantitative estimate of drug-likeness (QED) is 0.654. The van der Waals surface area contributed by atoms with Gasteiger partial charge in [0, 0.05) is 11.8 Å². The first-order valence-electron chi connectivity index (χ1n) is 5.98. The molecular weight excluding hydrogens is 355 g/mol. The van der Waals surface area contributed by atoms with Gasteiger partial charge in [0.15, 0.2) is 0 Å². The van der Waals surface area contributed by atoms with Crippen LogP contribution in [0.15, 0.2) is 30.5 Å². The van der Waals surface area contributed by atoms with E-state index in [9.17, 15) is 39.5 Å². The summed E-state index contributed by atoms with van der Waals surface area (Å²) in [4.78, 5) is 5.78. The van der Waals surface area contributed by atoms with Crippen molar-refractivity contribution in [3.63, 3.8) is 0 Å². The predicted molar refractivity (Wildman–Crippen MR) is 62.5 cm³/mol. The van der Waals surface area contributed by atoms with Gasteiger partial charge in [0.05, 0.1) is 11.3 Å². The minimum atomic E-state index is -5.16. The Labute approximate surface area is 128 Å². The monoisotopic (exact) mass is 360 g/mol. The molecule has 2 aromatic rings.